The largest absolute Gasteiger partial charge is 0.457 e. The number of rotatable bonds is 16. The van der Waals surface area contributed by atoms with Crippen LogP contribution in [0.5, 0.6) is 0 Å². The number of aliphatic hydroxyl groups excluding tert-OH is 2. The molecule has 0 fully saturated rings. The van der Waals surface area contributed by atoms with E-state index in [9.17, 15) is 29.4 Å². The van der Waals surface area contributed by atoms with Crippen molar-refractivity contribution in [2.24, 2.45) is 0 Å². The first-order valence-electron chi connectivity index (χ1n) is 27.7. The van der Waals surface area contributed by atoms with Gasteiger partial charge in [-0.15, -0.1) is 0 Å². The molecule has 12 rings (SSSR count). The summed E-state index contributed by atoms with van der Waals surface area (Å²) in [5.74, 6) is -1.65. The molecule has 412 valence electrons. The van der Waals surface area contributed by atoms with E-state index < -0.39 is 24.0 Å². The number of ether oxygens (including phenoxy) is 2. The fraction of sp³-hybridized carbons (Fsp3) is 0.0811. The topological polar surface area (TPSA) is 151 Å². The Kier molecular flexibility index (Phi) is 17.1. The third-order valence-corrected chi connectivity index (χ3v) is 15.0. The zero-order valence-corrected chi connectivity index (χ0v) is 45.7. The molecule has 12 aromatic carbocycles. The Labute approximate surface area is 486 Å². The second-order valence-corrected chi connectivity index (χ2v) is 20.2. The number of aliphatic hydroxyl groups is 2. The summed E-state index contributed by atoms with van der Waals surface area (Å²) in [5, 5.41) is 33.4. The van der Waals surface area contributed by atoms with Gasteiger partial charge in [0.15, 0.2) is 0 Å². The molecule has 2 amide bonds. The summed E-state index contributed by atoms with van der Waals surface area (Å²) in [4.78, 5) is 55.5. The number of carbonyl (C=O) groups excluding carboxylic acids is 4. The van der Waals surface area contributed by atoms with E-state index in [4.69, 9.17) is 9.47 Å². The molecule has 4 N–H and O–H groups in total. The summed E-state index contributed by atoms with van der Waals surface area (Å²) in [6.07, 6.45) is 0. The van der Waals surface area contributed by atoms with Gasteiger partial charge in [-0.05, 0) is 89.6 Å². The Morgan fingerprint density at radius 1 is 0.310 bits per heavy atom. The van der Waals surface area contributed by atoms with Crippen LogP contribution in [0, 0.1) is 0 Å². The van der Waals surface area contributed by atoms with Crippen molar-refractivity contribution < 1.29 is 38.9 Å². The Morgan fingerprint density at radius 3 is 0.881 bits per heavy atom. The predicted molar refractivity (Wildman–Crippen MR) is 332 cm³/mol. The smallest absolute Gasteiger partial charge is 0.339 e. The van der Waals surface area contributed by atoms with Crippen LogP contribution in [0.2, 0.25) is 0 Å². The van der Waals surface area contributed by atoms with E-state index in [-0.39, 0.29) is 38.2 Å². The lowest BCUT2D eigenvalue weighted by Crippen LogP contribution is -2.31. The lowest BCUT2D eigenvalue weighted by molar-refractivity contribution is 0.0465. The second-order valence-electron chi connectivity index (χ2n) is 20.2. The molecule has 0 saturated carbocycles. The maximum atomic E-state index is 14.0. The first kappa shape index (κ1) is 55.4. The highest BCUT2D eigenvalue weighted by Crippen LogP contribution is 2.42. The molecule has 0 radical (unpaired) electrons. The molecule has 84 heavy (non-hydrogen) atoms. The van der Waals surface area contributed by atoms with Gasteiger partial charge < -0.3 is 30.3 Å². The van der Waals surface area contributed by atoms with E-state index in [1.807, 2.05) is 243 Å². The van der Waals surface area contributed by atoms with Crippen molar-refractivity contribution in [1.82, 2.24) is 10.6 Å². The van der Waals surface area contributed by atoms with Gasteiger partial charge in [0.05, 0.1) is 36.4 Å². The van der Waals surface area contributed by atoms with Crippen LogP contribution in [0.3, 0.4) is 0 Å². The fourth-order valence-electron chi connectivity index (χ4n) is 10.8. The molecule has 0 unspecified atom stereocenters. The minimum atomic E-state index is -0.596. The minimum Gasteiger partial charge on any atom is -0.457 e. The van der Waals surface area contributed by atoms with Crippen molar-refractivity contribution in [3.05, 3.63) is 311 Å². The van der Waals surface area contributed by atoms with Crippen LogP contribution in [0.1, 0.15) is 75.8 Å². The number of amides is 2. The van der Waals surface area contributed by atoms with Gasteiger partial charge >= 0.3 is 11.9 Å². The van der Waals surface area contributed by atoms with E-state index in [1.165, 1.54) is 0 Å². The lowest BCUT2D eigenvalue weighted by atomic mass is 9.86. The molecular weight excluding hydrogens is 1040 g/mol. The molecule has 12 aromatic rings. The molecule has 0 spiro atoms. The number of esters is 2. The number of carbonyl (C=O) groups is 4. The van der Waals surface area contributed by atoms with Crippen molar-refractivity contribution in [3.8, 4) is 22.3 Å². The Bertz CT molecular complexity index is 4050. The molecule has 0 aliphatic carbocycles. The molecule has 0 saturated heterocycles. The molecule has 0 bridgehead atoms. The zero-order chi connectivity index (χ0) is 57.8. The minimum absolute atomic E-state index is 0.129. The predicted octanol–water partition coefficient (Wildman–Crippen LogP) is 15.0. The number of fused-ring (bicyclic) bond motifs is 4. The highest BCUT2D eigenvalue weighted by atomic mass is 16.5. The van der Waals surface area contributed by atoms with Gasteiger partial charge in [-0.25, -0.2) is 9.59 Å². The highest BCUT2D eigenvalue weighted by molar-refractivity contribution is 6.20. The van der Waals surface area contributed by atoms with Gasteiger partial charge in [-0.1, -0.05) is 243 Å². The third-order valence-electron chi connectivity index (χ3n) is 15.0. The number of hydrogen-bond acceptors (Lipinski definition) is 8. The summed E-state index contributed by atoms with van der Waals surface area (Å²) < 4.78 is 11.6. The third kappa shape index (κ3) is 12.1. The van der Waals surface area contributed by atoms with E-state index in [0.29, 0.717) is 44.5 Å². The molecular formula is C74H58N2O8. The molecule has 0 heterocycles. The Hall–Kier alpha value is -10.5. The van der Waals surface area contributed by atoms with Crippen LogP contribution in [0.4, 0.5) is 0 Å². The molecule has 10 heteroatoms. The maximum Gasteiger partial charge on any atom is 0.339 e. The Balaban J connectivity index is 0.000000175. The van der Waals surface area contributed by atoms with Gasteiger partial charge in [-0.2, -0.15) is 0 Å². The quantitative estimate of drug-likeness (QED) is 0.0698. The normalized spacial score (nSPS) is 11.7. The average Bonchev–Trinajstić information content (AvgIpc) is 2.82. The highest BCUT2D eigenvalue weighted by Gasteiger charge is 2.28. The van der Waals surface area contributed by atoms with Crippen LogP contribution in [0.15, 0.2) is 267 Å². The molecule has 0 aliphatic rings. The zero-order valence-electron chi connectivity index (χ0n) is 45.7. The van der Waals surface area contributed by atoms with Gasteiger partial charge in [0.2, 0.25) is 0 Å². The number of nitrogens with one attached hydrogen (secondary N) is 2. The van der Waals surface area contributed by atoms with Crippen LogP contribution in [-0.4, -0.2) is 47.2 Å². The van der Waals surface area contributed by atoms with Gasteiger partial charge in [0.1, 0.15) is 13.2 Å². The standard InChI is InChI=1S/2C37H29NO4/c2*39-23-33(28-15-5-2-6-16-28)38-36(40)31-21-19-26-13-7-9-17-29(26)34(31)35-30-18-10-8-14-27(30)20-22-32(35)37(41)42-24-25-11-3-1-4-12-25/h2*1-22,33,39H,23-24H2,(H,38,40)/t2*33-/m00/s1. The number of benzene rings is 12. The van der Waals surface area contributed by atoms with Crippen molar-refractivity contribution in [1.29, 1.82) is 0 Å². The number of hydrogen-bond donors (Lipinski definition) is 4. The summed E-state index contributed by atoms with van der Waals surface area (Å²) >= 11 is 0. The van der Waals surface area contributed by atoms with Gasteiger partial charge in [-0.3, -0.25) is 9.59 Å². The Morgan fingerprint density at radius 2 is 0.571 bits per heavy atom. The SMILES string of the molecule is O=C(N[C@@H](CO)c1ccccc1)c1ccc2ccccc2c1-c1c(C(=O)OCc2ccccc2)ccc2ccccc12.O=C(N[C@@H](CO)c1ccccc1)c1ccc2ccccc2c1-c1c(C(=O)OCc2ccccc2)ccc2ccccc12. The monoisotopic (exact) mass is 1100 g/mol. The molecule has 0 aliphatic heterocycles. The van der Waals surface area contributed by atoms with E-state index in [2.05, 4.69) is 10.6 Å². The summed E-state index contributed by atoms with van der Waals surface area (Å²) in [5.41, 5.74) is 7.45. The van der Waals surface area contributed by atoms with E-state index in [0.717, 1.165) is 65.3 Å². The fourth-order valence-corrected chi connectivity index (χ4v) is 10.8. The van der Waals surface area contributed by atoms with Crippen LogP contribution < -0.4 is 10.6 Å². The van der Waals surface area contributed by atoms with Crippen LogP contribution in [0.25, 0.3) is 65.3 Å². The lowest BCUT2D eigenvalue weighted by Gasteiger charge is -2.21. The summed E-state index contributed by atoms with van der Waals surface area (Å²) in [6, 6.07) is 82.6. The molecule has 10 nitrogen and oxygen atoms in total. The van der Waals surface area contributed by atoms with Crippen molar-refractivity contribution in [2.45, 2.75) is 25.3 Å². The molecule has 0 aromatic heterocycles. The summed E-state index contributed by atoms with van der Waals surface area (Å²) in [6.45, 7) is -0.262. The first-order valence-corrected chi connectivity index (χ1v) is 27.7. The van der Waals surface area contributed by atoms with Crippen molar-refractivity contribution in [3.63, 3.8) is 0 Å². The van der Waals surface area contributed by atoms with E-state index >= 15 is 0 Å². The first-order chi connectivity index (χ1) is 41.3. The summed E-state index contributed by atoms with van der Waals surface area (Å²) in [7, 11) is 0. The van der Waals surface area contributed by atoms with Gasteiger partial charge in [0.25, 0.3) is 11.8 Å². The van der Waals surface area contributed by atoms with E-state index in [1.54, 1.807) is 24.3 Å². The van der Waals surface area contributed by atoms with Crippen LogP contribution >= 0.6 is 0 Å². The average molecular weight is 1100 g/mol. The second kappa shape index (κ2) is 25.9. The van der Waals surface area contributed by atoms with Crippen molar-refractivity contribution in [2.75, 3.05) is 13.2 Å². The van der Waals surface area contributed by atoms with Crippen molar-refractivity contribution >= 4 is 66.8 Å². The van der Waals surface area contributed by atoms with Crippen LogP contribution in [-0.2, 0) is 22.7 Å². The maximum absolute atomic E-state index is 14.0. The molecule has 2 atom stereocenters. The van der Waals surface area contributed by atoms with Gasteiger partial charge in [0, 0.05) is 33.4 Å².